The third kappa shape index (κ3) is 4.76. The van der Waals surface area contributed by atoms with Crippen molar-refractivity contribution in [1.82, 2.24) is 15.3 Å². The number of aromatic nitrogens is 2. The van der Waals surface area contributed by atoms with Gasteiger partial charge < -0.3 is 9.73 Å². The zero-order valence-corrected chi connectivity index (χ0v) is 12.3. The Balaban J connectivity index is 1.91. The number of carbonyl (C=O) groups is 1. The summed E-state index contributed by atoms with van der Waals surface area (Å²) in [5.74, 6) is 0.158. The van der Waals surface area contributed by atoms with E-state index in [1.54, 1.807) is 12.1 Å². The van der Waals surface area contributed by atoms with E-state index in [1.165, 1.54) is 13.2 Å². The van der Waals surface area contributed by atoms with Crippen molar-refractivity contribution in [1.29, 1.82) is 0 Å². The van der Waals surface area contributed by atoms with Gasteiger partial charge in [-0.25, -0.2) is 9.97 Å². The molecule has 2 aromatic heterocycles. The molecule has 0 unspecified atom stereocenters. The van der Waals surface area contributed by atoms with Crippen molar-refractivity contribution in [3.8, 4) is 0 Å². The van der Waals surface area contributed by atoms with Crippen LogP contribution in [-0.2, 0) is 17.5 Å². The fourth-order valence-electron chi connectivity index (χ4n) is 1.53. The largest absolute Gasteiger partial charge is 0.467 e. The first kappa shape index (κ1) is 16.3. The lowest BCUT2D eigenvalue weighted by molar-refractivity contribution is -0.141. The van der Waals surface area contributed by atoms with Crippen LogP contribution in [0.3, 0.4) is 0 Å². The predicted molar refractivity (Wildman–Crippen MR) is 73.0 cm³/mol. The molecular formula is C13H12F3N3O2S. The van der Waals surface area contributed by atoms with Gasteiger partial charge in [0.15, 0.2) is 5.16 Å². The first-order chi connectivity index (χ1) is 10.3. The van der Waals surface area contributed by atoms with Crippen LogP contribution in [0, 0.1) is 6.92 Å². The lowest BCUT2D eigenvalue weighted by Crippen LogP contribution is -2.24. The van der Waals surface area contributed by atoms with Crippen LogP contribution in [0.4, 0.5) is 13.2 Å². The molecule has 1 N–H and O–H groups in total. The van der Waals surface area contributed by atoms with Gasteiger partial charge in [0.25, 0.3) is 0 Å². The topological polar surface area (TPSA) is 68.0 Å². The number of alkyl halides is 3. The highest BCUT2D eigenvalue weighted by atomic mass is 32.2. The molecule has 0 atom stereocenters. The Morgan fingerprint density at radius 3 is 2.82 bits per heavy atom. The quantitative estimate of drug-likeness (QED) is 0.674. The van der Waals surface area contributed by atoms with Gasteiger partial charge in [-0.05, 0) is 25.1 Å². The van der Waals surface area contributed by atoms with E-state index in [2.05, 4.69) is 15.3 Å². The number of furan rings is 1. The fraction of sp³-hybridized carbons (Fsp3) is 0.308. The number of amides is 1. The SMILES string of the molecule is Cc1cc(C(F)(F)F)nc(SCC(=O)NCc2ccco2)n1. The van der Waals surface area contributed by atoms with E-state index in [4.69, 9.17) is 4.42 Å². The van der Waals surface area contributed by atoms with E-state index >= 15 is 0 Å². The summed E-state index contributed by atoms with van der Waals surface area (Å²) in [4.78, 5) is 18.9. The van der Waals surface area contributed by atoms with Gasteiger partial charge in [-0.2, -0.15) is 13.2 Å². The summed E-state index contributed by atoms with van der Waals surface area (Å²) in [6, 6.07) is 4.25. The van der Waals surface area contributed by atoms with E-state index < -0.39 is 11.9 Å². The second-order valence-corrected chi connectivity index (χ2v) is 5.26. The van der Waals surface area contributed by atoms with Gasteiger partial charge in [-0.1, -0.05) is 11.8 Å². The number of nitrogens with one attached hydrogen (secondary N) is 1. The van der Waals surface area contributed by atoms with Crippen LogP contribution < -0.4 is 5.32 Å². The van der Waals surface area contributed by atoms with Crippen LogP contribution in [0.15, 0.2) is 34.0 Å². The first-order valence-corrected chi connectivity index (χ1v) is 7.18. The molecule has 0 aromatic carbocycles. The van der Waals surface area contributed by atoms with Crippen LogP contribution in [0.5, 0.6) is 0 Å². The minimum atomic E-state index is -4.54. The smallest absolute Gasteiger partial charge is 0.433 e. The summed E-state index contributed by atoms with van der Waals surface area (Å²) in [6.07, 6.45) is -3.06. The van der Waals surface area contributed by atoms with Gasteiger partial charge in [0.2, 0.25) is 5.91 Å². The van der Waals surface area contributed by atoms with Gasteiger partial charge >= 0.3 is 6.18 Å². The van der Waals surface area contributed by atoms with Crippen molar-refractivity contribution in [3.63, 3.8) is 0 Å². The Hall–Kier alpha value is -2.03. The van der Waals surface area contributed by atoms with E-state index in [-0.39, 0.29) is 29.1 Å². The Morgan fingerprint density at radius 1 is 1.41 bits per heavy atom. The molecule has 0 radical (unpaired) electrons. The number of carbonyl (C=O) groups excluding carboxylic acids is 1. The number of hydrogen-bond donors (Lipinski definition) is 1. The van der Waals surface area contributed by atoms with Crippen LogP contribution >= 0.6 is 11.8 Å². The Kier molecular flexibility index (Phi) is 5.07. The predicted octanol–water partition coefficient (Wildman–Crippen LogP) is 2.81. The molecule has 2 rings (SSSR count). The van der Waals surface area contributed by atoms with Crippen molar-refractivity contribution in [2.45, 2.75) is 24.8 Å². The molecule has 0 aliphatic carbocycles. The van der Waals surface area contributed by atoms with Crippen molar-refractivity contribution < 1.29 is 22.4 Å². The monoisotopic (exact) mass is 331 g/mol. The number of nitrogens with zero attached hydrogens (tertiary/aromatic N) is 2. The van der Waals surface area contributed by atoms with E-state index in [0.717, 1.165) is 17.8 Å². The van der Waals surface area contributed by atoms with Gasteiger partial charge in [-0.15, -0.1) is 0 Å². The molecule has 9 heteroatoms. The van der Waals surface area contributed by atoms with Crippen molar-refractivity contribution >= 4 is 17.7 Å². The van der Waals surface area contributed by atoms with Crippen LogP contribution in [0.25, 0.3) is 0 Å². The summed E-state index contributed by atoms with van der Waals surface area (Å²) < 4.78 is 43.0. The average Bonchev–Trinajstić information content (AvgIpc) is 2.94. The van der Waals surface area contributed by atoms with E-state index in [0.29, 0.717) is 5.76 Å². The third-order valence-corrected chi connectivity index (χ3v) is 3.34. The van der Waals surface area contributed by atoms with Crippen molar-refractivity contribution in [2.75, 3.05) is 5.75 Å². The van der Waals surface area contributed by atoms with Crippen LogP contribution in [-0.4, -0.2) is 21.6 Å². The summed E-state index contributed by atoms with van der Waals surface area (Å²) >= 11 is 0.845. The van der Waals surface area contributed by atoms with Gasteiger partial charge in [0.1, 0.15) is 11.5 Å². The lowest BCUT2D eigenvalue weighted by atomic mass is 10.3. The highest BCUT2D eigenvalue weighted by molar-refractivity contribution is 7.99. The zero-order chi connectivity index (χ0) is 16.2. The first-order valence-electron chi connectivity index (χ1n) is 6.19. The molecule has 22 heavy (non-hydrogen) atoms. The van der Waals surface area contributed by atoms with Crippen LogP contribution in [0.2, 0.25) is 0 Å². The second kappa shape index (κ2) is 6.82. The molecule has 0 fully saturated rings. The minimum Gasteiger partial charge on any atom is -0.467 e. The number of halogens is 3. The highest BCUT2D eigenvalue weighted by Crippen LogP contribution is 2.29. The lowest BCUT2D eigenvalue weighted by Gasteiger charge is -2.08. The molecule has 0 aliphatic rings. The molecule has 2 aromatic rings. The maximum atomic E-state index is 12.6. The summed E-state index contributed by atoms with van der Waals surface area (Å²) in [5.41, 5.74) is -0.820. The summed E-state index contributed by atoms with van der Waals surface area (Å²) in [5, 5.41) is 2.50. The maximum Gasteiger partial charge on any atom is 0.433 e. The summed E-state index contributed by atoms with van der Waals surface area (Å²) in [7, 11) is 0. The Morgan fingerprint density at radius 2 is 2.18 bits per heavy atom. The standard InChI is InChI=1S/C13H12F3N3O2S/c1-8-5-10(13(14,15)16)19-12(18-8)22-7-11(20)17-6-9-3-2-4-21-9/h2-5H,6-7H2,1H3,(H,17,20). The number of thioether (sulfide) groups is 1. The Bertz CT molecular complexity index is 644. The molecule has 118 valence electrons. The number of aryl methyl sites for hydroxylation is 1. The molecule has 2 heterocycles. The van der Waals surface area contributed by atoms with Gasteiger partial charge in [0, 0.05) is 5.69 Å². The molecule has 1 amide bonds. The third-order valence-electron chi connectivity index (χ3n) is 2.50. The van der Waals surface area contributed by atoms with Gasteiger partial charge in [0.05, 0.1) is 18.6 Å². The van der Waals surface area contributed by atoms with Crippen molar-refractivity contribution in [3.05, 3.63) is 41.6 Å². The molecular weight excluding hydrogens is 319 g/mol. The maximum absolute atomic E-state index is 12.6. The summed E-state index contributed by atoms with van der Waals surface area (Å²) in [6.45, 7) is 1.66. The average molecular weight is 331 g/mol. The molecule has 0 saturated carbocycles. The number of hydrogen-bond acceptors (Lipinski definition) is 5. The Labute approximate surface area is 128 Å². The number of rotatable bonds is 5. The molecule has 0 bridgehead atoms. The van der Waals surface area contributed by atoms with E-state index in [1.807, 2.05) is 0 Å². The zero-order valence-electron chi connectivity index (χ0n) is 11.5. The normalized spacial score (nSPS) is 11.5. The van der Waals surface area contributed by atoms with Gasteiger partial charge in [-0.3, -0.25) is 4.79 Å². The van der Waals surface area contributed by atoms with Crippen molar-refractivity contribution in [2.24, 2.45) is 0 Å². The molecule has 0 saturated heterocycles. The molecule has 0 aliphatic heterocycles. The highest BCUT2D eigenvalue weighted by Gasteiger charge is 2.33. The fourth-order valence-corrected chi connectivity index (χ4v) is 2.26. The molecule has 5 nitrogen and oxygen atoms in total. The van der Waals surface area contributed by atoms with Crippen LogP contribution in [0.1, 0.15) is 17.1 Å². The second-order valence-electron chi connectivity index (χ2n) is 4.32. The van der Waals surface area contributed by atoms with E-state index in [9.17, 15) is 18.0 Å². The molecule has 0 spiro atoms. The minimum absolute atomic E-state index is 0.0819.